The van der Waals surface area contributed by atoms with Gasteiger partial charge in [-0.2, -0.15) is 0 Å². The maximum Gasteiger partial charge on any atom is 0.271 e. The van der Waals surface area contributed by atoms with E-state index in [1.165, 1.54) is 11.3 Å². The maximum atomic E-state index is 12.5. The van der Waals surface area contributed by atoms with Gasteiger partial charge in [0.05, 0.1) is 10.7 Å². The van der Waals surface area contributed by atoms with Gasteiger partial charge in [-0.05, 0) is 18.6 Å². The predicted octanol–water partition coefficient (Wildman–Crippen LogP) is 1.79. The summed E-state index contributed by atoms with van der Waals surface area (Å²) in [5, 5.41) is 5.57. The normalized spacial score (nSPS) is 17.6. The lowest BCUT2D eigenvalue weighted by Gasteiger charge is -2.18. The van der Waals surface area contributed by atoms with Gasteiger partial charge in [0.15, 0.2) is 0 Å². The molecule has 1 atom stereocenters. The van der Waals surface area contributed by atoms with Crippen LogP contribution < -0.4 is 16.0 Å². The molecule has 0 spiro atoms. The van der Waals surface area contributed by atoms with E-state index >= 15 is 0 Å². The van der Waals surface area contributed by atoms with E-state index in [4.69, 9.17) is 17.3 Å². The number of aromatic nitrogens is 1. The number of thiazole rings is 1. The Balaban J connectivity index is 1.70. The summed E-state index contributed by atoms with van der Waals surface area (Å²) in [6.45, 7) is 0.805. The average molecular weight is 351 g/mol. The molecule has 1 saturated heterocycles. The van der Waals surface area contributed by atoms with Crippen molar-refractivity contribution in [3.8, 4) is 0 Å². The first-order valence-corrected chi connectivity index (χ1v) is 8.37. The number of rotatable bonds is 4. The molecule has 1 aliphatic rings. The van der Waals surface area contributed by atoms with Crippen LogP contribution in [0.2, 0.25) is 5.02 Å². The first-order valence-electron chi connectivity index (χ1n) is 7.11. The van der Waals surface area contributed by atoms with E-state index in [1.54, 1.807) is 22.4 Å². The Hall–Kier alpha value is -1.96. The van der Waals surface area contributed by atoms with Crippen LogP contribution in [0.4, 0.5) is 5.69 Å². The Morgan fingerprint density at radius 3 is 2.96 bits per heavy atom. The quantitative estimate of drug-likeness (QED) is 0.879. The molecule has 2 amide bonds. The van der Waals surface area contributed by atoms with Crippen molar-refractivity contribution in [1.29, 1.82) is 0 Å². The Kier molecular flexibility index (Phi) is 4.61. The molecule has 120 valence electrons. The van der Waals surface area contributed by atoms with E-state index in [1.807, 2.05) is 12.1 Å². The number of benzene rings is 1. The fourth-order valence-electron chi connectivity index (χ4n) is 2.46. The topological polar surface area (TPSA) is 88.3 Å². The largest absolute Gasteiger partial charge is 0.339 e. The molecular formula is C15H15ClN4O2S. The van der Waals surface area contributed by atoms with Crippen molar-refractivity contribution in [2.75, 3.05) is 11.4 Å². The van der Waals surface area contributed by atoms with E-state index in [2.05, 4.69) is 10.3 Å². The van der Waals surface area contributed by atoms with Crippen LogP contribution >= 0.6 is 22.9 Å². The number of halogens is 1. The Labute approximate surface area is 142 Å². The van der Waals surface area contributed by atoms with Crippen molar-refractivity contribution in [3.63, 3.8) is 0 Å². The first-order chi connectivity index (χ1) is 11.1. The Morgan fingerprint density at radius 2 is 2.26 bits per heavy atom. The lowest BCUT2D eigenvalue weighted by Crippen LogP contribution is -2.41. The molecule has 8 heteroatoms. The third-order valence-corrected chi connectivity index (χ3v) is 4.80. The third kappa shape index (κ3) is 3.21. The molecule has 1 aromatic heterocycles. The molecule has 1 fully saturated rings. The third-order valence-electron chi connectivity index (χ3n) is 3.61. The fourth-order valence-corrected chi connectivity index (χ4v) is 3.36. The molecule has 3 rings (SSSR count). The van der Waals surface area contributed by atoms with Crippen LogP contribution in [-0.2, 0) is 11.3 Å². The molecule has 0 radical (unpaired) electrons. The number of anilines is 1. The highest BCUT2D eigenvalue weighted by Crippen LogP contribution is 2.29. The van der Waals surface area contributed by atoms with E-state index in [0.717, 1.165) is 0 Å². The number of nitrogens with one attached hydrogen (secondary N) is 1. The molecule has 1 unspecified atom stereocenters. The molecular weight excluding hydrogens is 336 g/mol. The Morgan fingerprint density at radius 1 is 1.48 bits per heavy atom. The molecule has 1 aromatic carbocycles. The van der Waals surface area contributed by atoms with Crippen LogP contribution in [0.5, 0.6) is 0 Å². The average Bonchev–Trinajstić information content (AvgIpc) is 3.16. The van der Waals surface area contributed by atoms with Gasteiger partial charge in [-0.3, -0.25) is 9.59 Å². The van der Waals surface area contributed by atoms with E-state index in [0.29, 0.717) is 40.9 Å². The highest BCUT2D eigenvalue weighted by molar-refractivity contribution is 7.09. The molecule has 0 bridgehead atoms. The van der Waals surface area contributed by atoms with E-state index in [-0.39, 0.29) is 11.8 Å². The second kappa shape index (κ2) is 6.66. The van der Waals surface area contributed by atoms with Crippen LogP contribution in [-0.4, -0.2) is 29.4 Å². The molecule has 2 aromatic rings. The van der Waals surface area contributed by atoms with Gasteiger partial charge in [0.25, 0.3) is 5.91 Å². The van der Waals surface area contributed by atoms with E-state index in [9.17, 15) is 9.59 Å². The molecule has 2 heterocycles. The molecule has 1 aliphatic heterocycles. The monoisotopic (exact) mass is 350 g/mol. The van der Waals surface area contributed by atoms with Crippen molar-refractivity contribution in [3.05, 3.63) is 45.4 Å². The second-order valence-electron chi connectivity index (χ2n) is 5.09. The Bertz CT molecular complexity index is 749. The lowest BCUT2D eigenvalue weighted by atomic mass is 10.2. The summed E-state index contributed by atoms with van der Waals surface area (Å²) in [5.74, 6) is -0.527. The van der Waals surface area contributed by atoms with Gasteiger partial charge in [-0.25, -0.2) is 4.98 Å². The van der Waals surface area contributed by atoms with Gasteiger partial charge in [0, 0.05) is 18.5 Å². The van der Waals surface area contributed by atoms with Crippen molar-refractivity contribution in [1.82, 2.24) is 10.3 Å². The number of nitrogens with two attached hydrogens (primary N) is 1. The predicted molar refractivity (Wildman–Crippen MR) is 89.7 cm³/mol. The zero-order valence-corrected chi connectivity index (χ0v) is 13.7. The van der Waals surface area contributed by atoms with Gasteiger partial charge in [0.2, 0.25) is 5.91 Å². The van der Waals surface area contributed by atoms with Crippen molar-refractivity contribution < 1.29 is 9.59 Å². The second-order valence-corrected chi connectivity index (χ2v) is 6.44. The van der Waals surface area contributed by atoms with Crippen molar-refractivity contribution >= 4 is 40.4 Å². The van der Waals surface area contributed by atoms with Crippen LogP contribution in [0.25, 0.3) is 0 Å². The summed E-state index contributed by atoms with van der Waals surface area (Å²) < 4.78 is 0. The number of carbonyl (C=O) groups is 2. The van der Waals surface area contributed by atoms with Gasteiger partial charge in [0.1, 0.15) is 16.7 Å². The molecule has 23 heavy (non-hydrogen) atoms. The van der Waals surface area contributed by atoms with Crippen LogP contribution in [0, 0.1) is 0 Å². The van der Waals surface area contributed by atoms with Gasteiger partial charge in [-0.15, -0.1) is 11.3 Å². The molecule has 0 saturated carbocycles. The highest BCUT2D eigenvalue weighted by Gasteiger charge is 2.34. The molecule has 0 aliphatic carbocycles. The fraction of sp³-hybridized carbons (Fsp3) is 0.267. The van der Waals surface area contributed by atoms with Gasteiger partial charge >= 0.3 is 0 Å². The highest BCUT2D eigenvalue weighted by atomic mass is 35.5. The van der Waals surface area contributed by atoms with Gasteiger partial charge in [-0.1, -0.05) is 23.7 Å². The van der Waals surface area contributed by atoms with Crippen molar-refractivity contribution in [2.24, 2.45) is 5.73 Å². The van der Waals surface area contributed by atoms with Crippen LogP contribution in [0.15, 0.2) is 29.6 Å². The minimum Gasteiger partial charge on any atom is -0.339 e. The zero-order valence-electron chi connectivity index (χ0n) is 12.2. The smallest absolute Gasteiger partial charge is 0.271 e. The summed E-state index contributed by atoms with van der Waals surface area (Å²) in [5.41, 5.74) is 6.44. The maximum absolute atomic E-state index is 12.5. The lowest BCUT2D eigenvalue weighted by molar-refractivity contribution is -0.118. The number of hydrogen-bond donors (Lipinski definition) is 2. The van der Waals surface area contributed by atoms with E-state index < -0.39 is 6.04 Å². The minimum atomic E-state index is -0.568. The summed E-state index contributed by atoms with van der Waals surface area (Å²) in [6, 6.07) is 6.59. The van der Waals surface area contributed by atoms with Crippen LogP contribution in [0.3, 0.4) is 0 Å². The molecule has 3 N–H and O–H groups in total. The first kappa shape index (κ1) is 15.9. The number of para-hydroxylation sites is 1. The summed E-state index contributed by atoms with van der Waals surface area (Å²) >= 11 is 7.46. The number of nitrogens with zero attached hydrogens (tertiary/aromatic N) is 2. The van der Waals surface area contributed by atoms with Crippen molar-refractivity contribution in [2.45, 2.75) is 19.0 Å². The number of amides is 2. The summed E-state index contributed by atoms with van der Waals surface area (Å²) in [6.07, 6.45) is 0.531. The standard InChI is InChI=1S/C15H15ClN4O2S/c16-9-3-1-2-4-12(9)20-6-5-10(15(20)22)19-14(21)11-8-23-13(7-17)18-11/h1-4,8,10H,5-7,17H2,(H,19,21). The summed E-state index contributed by atoms with van der Waals surface area (Å²) in [7, 11) is 0. The van der Waals surface area contributed by atoms with Gasteiger partial charge < -0.3 is 16.0 Å². The molecule has 6 nitrogen and oxygen atoms in total. The number of hydrogen-bond acceptors (Lipinski definition) is 5. The summed E-state index contributed by atoms with van der Waals surface area (Å²) in [4.78, 5) is 30.4. The SMILES string of the molecule is NCc1nc(C(=O)NC2CCN(c3ccccc3Cl)C2=O)cs1. The number of carbonyl (C=O) groups excluding carboxylic acids is 2. The minimum absolute atomic E-state index is 0.166. The van der Waals surface area contributed by atoms with Crippen LogP contribution in [0.1, 0.15) is 21.9 Å². The zero-order chi connectivity index (χ0) is 16.4.